The molecule has 0 saturated heterocycles. The highest BCUT2D eigenvalue weighted by Crippen LogP contribution is 2.18. The molecule has 6 heteroatoms. The number of carbonyl (C=O) groups is 1. The largest absolute Gasteiger partial charge is 0.377 e. The van der Waals surface area contributed by atoms with Gasteiger partial charge >= 0.3 is 0 Å². The Morgan fingerprint density at radius 3 is 2.80 bits per heavy atom. The number of amides is 1. The summed E-state index contributed by atoms with van der Waals surface area (Å²) in [6.07, 6.45) is 0. The number of aryl methyl sites for hydroxylation is 1. The van der Waals surface area contributed by atoms with Crippen molar-refractivity contribution in [3.05, 3.63) is 35.7 Å². The van der Waals surface area contributed by atoms with Crippen LogP contribution in [0.3, 0.4) is 0 Å². The summed E-state index contributed by atoms with van der Waals surface area (Å²) in [6, 6.07) is 7.30. The minimum absolute atomic E-state index is 0.0418. The number of benzene rings is 1. The molecule has 0 aliphatic carbocycles. The van der Waals surface area contributed by atoms with Gasteiger partial charge in [0, 0.05) is 39.4 Å². The van der Waals surface area contributed by atoms with Crippen molar-refractivity contribution in [3.8, 4) is 11.4 Å². The first kappa shape index (κ1) is 14.2. The Morgan fingerprint density at radius 2 is 2.15 bits per heavy atom. The van der Waals surface area contributed by atoms with E-state index in [2.05, 4.69) is 10.1 Å². The third-order valence-electron chi connectivity index (χ3n) is 2.90. The summed E-state index contributed by atoms with van der Waals surface area (Å²) >= 11 is 0. The summed E-state index contributed by atoms with van der Waals surface area (Å²) in [6.45, 7) is 0.403. The van der Waals surface area contributed by atoms with Crippen molar-refractivity contribution < 1.29 is 9.53 Å². The number of hydrogen-bond donors (Lipinski definition) is 0. The number of carbonyl (C=O) groups excluding carboxylic acids is 1. The molecule has 1 heterocycles. The number of methoxy groups -OCH3 is 1. The van der Waals surface area contributed by atoms with E-state index in [4.69, 9.17) is 4.74 Å². The smallest absolute Gasteiger partial charge is 0.253 e. The third-order valence-corrected chi connectivity index (χ3v) is 2.90. The molecule has 20 heavy (non-hydrogen) atoms. The maximum absolute atomic E-state index is 12.0. The third kappa shape index (κ3) is 2.85. The standard InChI is InChI=1S/C14H18N4O2/c1-17(2)14(19)11-7-5-6-10(8-11)13-15-12(9-20-4)18(3)16-13/h5-8H,9H2,1-4H3. The number of aromatic nitrogens is 3. The second-order valence-electron chi connectivity index (χ2n) is 4.69. The molecule has 0 radical (unpaired) electrons. The second-order valence-corrected chi connectivity index (χ2v) is 4.69. The molecule has 0 atom stereocenters. The zero-order valence-corrected chi connectivity index (χ0v) is 12.1. The molecule has 0 bridgehead atoms. The molecule has 106 valence electrons. The fourth-order valence-corrected chi connectivity index (χ4v) is 1.84. The first-order chi connectivity index (χ1) is 9.52. The van der Waals surface area contributed by atoms with Crippen LogP contribution in [0, 0.1) is 0 Å². The van der Waals surface area contributed by atoms with Gasteiger partial charge in [-0.1, -0.05) is 12.1 Å². The number of hydrogen-bond acceptors (Lipinski definition) is 4. The lowest BCUT2D eigenvalue weighted by molar-refractivity contribution is 0.0827. The van der Waals surface area contributed by atoms with Crippen molar-refractivity contribution >= 4 is 5.91 Å². The van der Waals surface area contributed by atoms with Gasteiger partial charge in [0.1, 0.15) is 6.61 Å². The van der Waals surface area contributed by atoms with Crippen LogP contribution in [0.1, 0.15) is 16.2 Å². The summed E-state index contributed by atoms with van der Waals surface area (Å²) in [7, 11) is 6.89. The van der Waals surface area contributed by atoms with Gasteiger partial charge in [-0.05, 0) is 12.1 Å². The van der Waals surface area contributed by atoms with E-state index in [0.717, 1.165) is 11.4 Å². The Kier molecular flexibility index (Phi) is 4.14. The molecule has 0 fully saturated rings. The Labute approximate surface area is 118 Å². The average molecular weight is 274 g/mol. The zero-order chi connectivity index (χ0) is 14.7. The van der Waals surface area contributed by atoms with Crippen LogP contribution >= 0.6 is 0 Å². The van der Waals surface area contributed by atoms with Crippen LogP contribution < -0.4 is 0 Å². The quantitative estimate of drug-likeness (QED) is 0.844. The summed E-state index contributed by atoms with van der Waals surface area (Å²) in [5.74, 6) is 1.29. The Morgan fingerprint density at radius 1 is 1.40 bits per heavy atom. The summed E-state index contributed by atoms with van der Waals surface area (Å²) < 4.78 is 6.75. The maximum atomic E-state index is 12.0. The number of ether oxygens (including phenoxy) is 1. The molecular weight excluding hydrogens is 256 g/mol. The highest BCUT2D eigenvalue weighted by molar-refractivity contribution is 5.94. The van der Waals surface area contributed by atoms with Crippen molar-refractivity contribution in [3.63, 3.8) is 0 Å². The molecule has 1 aromatic heterocycles. The predicted molar refractivity (Wildman–Crippen MR) is 75.2 cm³/mol. The molecule has 0 aliphatic heterocycles. The number of nitrogens with zero attached hydrogens (tertiary/aromatic N) is 4. The van der Waals surface area contributed by atoms with Crippen LogP contribution in [0.4, 0.5) is 0 Å². The van der Waals surface area contributed by atoms with Gasteiger partial charge in [-0.3, -0.25) is 9.48 Å². The molecule has 1 aromatic carbocycles. The number of rotatable bonds is 4. The van der Waals surface area contributed by atoms with Crippen LogP contribution in [0.2, 0.25) is 0 Å². The average Bonchev–Trinajstić information content (AvgIpc) is 2.80. The van der Waals surface area contributed by atoms with Gasteiger partial charge in [0.05, 0.1) is 0 Å². The van der Waals surface area contributed by atoms with Gasteiger partial charge in [0.2, 0.25) is 0 Å². The van der Waals surface area contributed by atoms with E-state index in [1.165, 1.54) is 0 Å². The van der Waals surface area contributed by atoms with Crippen molar-refractivity contribution in [2.75, 3.05) is 21.2 Å². The Bertz CT molecular complexity index is 619. The maximum Gasteiger partial charge on any atom is 0.253 e. The molecule has 0 spiro atoms. The molecule has 2 aromatic rings. The molecule has 0 saturated carbocycles. The van der Waals surface area contributed by atoms with Crippen LogP contribution in [0.15, 0.2) is 24.3 Å². The predicted octanol–water partition coefficient (Wildman–Crippen LogP) is 1.33. The van der Waals surface area contributed by atoms with Crippen LogP contribution in [0.5, 0.6) is 0 Å². The summed E-state index contributed by atoms with van der Waals surface area (Å²) in [5, 5.41) is 4.35. The molecule has 0 N–H and O–H groups in total. The molecule has 1 amide bonds. The lowest BCUT2D eigenvalue weighted by atomic mass is 10.1. The zero-order valence-electron chi connectivity index (χ0n) is 12.1. The van der Waals surface area contributed by atoms with Gasteiger partial charge in [0.15, 0.2) is 11.6 Å². The first-order valence-electron chi connectivity index (χ1n) is 6.24. The topological polar surface area (TPSA) is 60.2 Å². The second kappa shape index (κ2) is 5.83. The SMILES string of the molecule is COCc1nc(-c2cccc(C(=O)N(C)C)c2)nn1C. The van der Waals surface area contributed by atoms with E-state index < -0.39 is 0 Å². The van der Waals surface area contributed by atoms with Gasteiger partial charge in [0.25, 0.3) is 5.91 Å². The van der Waals surface area contributed by atoms with Gasteiger partial charge < -0.3 is 9.64 Å². The highest BCUT2D eigenvalue weighted by Gasteiger charge is 2.12. The first-order valence-corrected chi connectivity index (χ1v) is 6.24. The monoisotopic (exact) mass is 274 g/mol. The molecule has 0 unspecified atom stereocenters. The molecule has 2 rings (SSSR count). The fraction of sp³-hybridized carbons (Fsp3) is 0.357. The van der Waals surface area contributed by atoms with Gasteiger partial charge in [-0.25, -0.2) is 4.98 Å². The van der Waals surface area contributed by atoms with Crippen molar-refractivity contribution in [2.45, 2.75) is 6.61 Å². The van der Waals surface area contributed by atoms with Crippen molar-refractivity contribution in [1.82, 2.24) is 19.7 Å². The highest BCUT2D eigenvalue weighted by atomic mass is 16.5. The lowest BCUT2D eigenvalue weighted by Crippen LogP contribution is -2.21. The molecular formula is C14H18N4O2. The van der Waals surface area contributed by atoms with Crippen LogP contribution in [-0.4, -0.2) is 46.8 Å². The van der Waals surface area contributed by atoms with E-state index in [-0.39, 0.29) is 5.91 Å². The van der Waals surface area contributed by atoms with E-state index in [1.807, 2.05) is 19.2 Å². The Hall–Kier alpha value is -2.21. The van der Waals surface area contributed by atoms with E-state index >= 15 is 0 Å². The normalized spacial score (nSPS) is 10.6. The molecule has 6 nitrogen and oxygen atoms in total. The minimum atomic E-state index is -0.0418. The van der Waals surface area contributed by atoms with Gasteiger partial charge in [-0.2, -0.15) is 5.10 Å². The van der Waals surface area contributed by atoms with Crippen molar-refractivity contribution in [1.29, 1.82) is 0 Å². The van der Waals surface area contributed by atoms with Crippen molar-refractivity contribution in [2.24, 2.45) is 7.05 Å². The fourth-order valence-electron chi connectivity index (χ4n) is 1.84. The molecule has 0 aliphatic rings. The van der Waals surface area contributed by atoms with E-state index in [9.17, 15) is 4.79 Å². The lowest BCUT2D eigenvalue weighted by Gasteiger charge is -2.10. The summed E-state index contributed by atoms with van der Waals surface area (Å²) in [5.41, 5.74) is 1.43. The Balaban J connectivity index is 2.36. The van der Waals surface area contributed by atoms with E-state index in [1.54, 1.807) is 42.9 Å². The van der Waals surface area contributed by atoms with Crippen LogP contribution in [0.25, 0.3) is 11.4 Å². The minimum Gasteiger partial charge on any atom is -0.377 e. The summed E-state index contributed by atoms with van der Waals surface area (Å²) in [4.78, 5) is 17.9. The van der Waals surface area contributed by atoms with E-state index in [0.29, 0.717) is 18.0 Å². The van der Waals surface area contributed by atoms with Crippen LogP contribution in [-0.2, 0) is 18.4 Å². The van der Waals surface area contributed by atoms with Gasteiger partial charge in [-0.15, -0.1) is 0 Å².